The van der Waals surface area contributed by atoms with Crippen LogP contribution in [-0.4, -0.2) is 17.3 Å². The fourth-order valence-electron chi connectivity index (χ4n) is 2.97. The minimum atomic E-state index is -0.941. The van der Waals surface area contributed by atoms with E-state index in [4.69, 9.17) is 9.47 Å². The standard InChI is InChI=1S/C21H16F2N2O2/c1-26-21-10-19(23)18(22)9-16(21)13-5-7-15(8-6-13)27-12-14-3-2-4-20-17(14)11-24-25-20/h2-11H,12H2,1H3,(H,24,25). The lowest BCUT2D eigenvalue weighted by Gasteiger charge is -2.11. The summed E-state index contributed by atoms with van der Waals surface area (Å²) >= 11 is 0. The molecule has 0 aliphatic rings. The first kappa shape index (κ1) is 17.0. The monoisotopic (exact) mass is 366 g/mol. The molecule has 6 heteroatoms. The van der Waals surface area contributed by atoms with E-state index in [1.165, 1.54) is 7.11 Å². The molecule has 0 unspecified atom stereocenters. The van der Waals surface area contributed by atoms with Crippen molar-refractivity contribution in [3.63, 3.8) is 0 Å². The van der Waals surface area contributed by atoms with Gasteiger partial charge in [0.2, 0.25) is 0 Å². The number of benzene rings is 3. The summed E-state index contributed by atoms with van der Waals surface area (Å²) in [6.45, 7) is 0.394. The Bertz CT molecular complexity index is 1090. The second-order valence-electron chi connectivity index (χ2n) is 6.03. The van der Waals surface area contributed by atoms with Gasteiger partial charge in [-0.25, -0.2) is 8.78 Å². The molecule has 0 radical (unpaired) electrons. The fraction of sp³-hybridized carbons (Fsp3) is 0.0952. The van der Waals surface area contributed by atoms with E-state index in [1.807, 2.05) is 18.2 Å². The molecule has 0 saturated carbocycles. The van der Waals surface area contributed by atoms with Crippen molar-refractivity contribution < 1.29 is 18.3 Å². The van der Waals surface area contributed by atoms with E-state index in [0.29, 0.717) is 23.5 Å². The number of H-pyrrole nitrogens is 1. The highest BCUT2D eigenvalue weighted by atomic mass is 19.2. The zero-order chi connectivity index (χ0) is 18.8. The second-order valence-corrected chi connectivity index (χ2v) is 6.03. The average Bonchev–Trinajstić information content (AvgIpc) is 3.18. The molecule has 0 atom stereocenters. The molecular weight excluding hydrogens is 350 g/mol. The van der Waals surface area contributed by atoms with Crippen LogP contribution in [0.25, 0.3) is 22.0 Å². The van der Waals surface area contributed by atoms with Gasteiger partial charge in [0.05, 0.1) is 18.8 Å². The largest absolute Gasteiger partial charge is 0.496 e. The number of halogens is 2. The molecule has 27 heavy (non-hydrogen) atoms. The molecule has 0 amide bonds. The third-order valence-corrected chi connectivity index (χ3v) is 4.38. The second kappa shape index (κ2) is 7.07. The highest BCUT2D eigenvalue weighted by Crippen LogP contribution is 2.33. The number of ether oxygens (including phenoxy) is 2. The highest BCUT2D eigenvalue weighted by molar-refractivity contribution is 5.81. The van der Waals surface area contributed by atoms with Crippen LogP contribution < -0.4 is 9.47 Å². The predicted octanol–water partition coefficient (Wildman–Crippen LogP) is 5.10. The fourth-order valence-corrected chi connectivity index (χ4v) is 2.97. The van der Waals surface area contributed by atoms with Crippen molar-refractivity contribution in [2.45, 2.75) is 6.61 Å². The maximum Gasteiger partial charge on any atom is 0.162 e. The van der Waals surface area contributed by atoms with Gasteiger partial charge in [-0.05, 0) is 29.8 Å². The van der Waals surface area contributed by atoms with E-state index in [-0.39, 0.29) is 5.75 Å². The van der Waals surface area contributed by atoms with Crippen molar-refractivity contribution in [1.82, 2.24) is 10.2 Å². The summed E-state index contributed by atoms with van der Waals surface area (Å²) < 4.78 is 38.0. The number of aromatic nitrogens is 2. The summed E-state index contributed by atoms with van der Waals surface area (Å²) in [6.07, 6.45) is 1.77. The van der Waals surface area contributed by atoms with Crippen molar-refractivity contribution in [3.8, 4) is 22.6 Å². The Morgan fingerprint density at radius 2 is 1.78 bits per heavy atom. The molecule has 136 valence electrons. The molecule has 3 aromatic carbocycles. The van der Waals surface area contributed by atoms with Crippen LogP contribution >= 0.6 is 0 Å². The van der Waals surface area contributed by atoms with Gasteiger partial charge in [-0.1, -0.05) is 24.3 Å². The Morgan fingerprint density at radius 1 is 1.00 bits per heavy atom. The van der Waals surface area contributed by atoms with Crippen LogP contribution in [0.15, 0.2) is 60.8 Å². The van der Waals surface area contributed by atoms with Gasteiger partial charge < -0.3 is 9.47 Å². The Labute approximate surface area is 154 Å². The number of aromatic amines is 1. The van der Waals surface area contributed by atoms with E-state index in [9.17, 15) is 8.78 Å². The van der Waals surface area contributed by atoms with Gasteiger partial charge in [0.1, 0.15) is 18.1 Å². The van der Waals surface area contributed by atoms with Gasteiger partial charge >= 0.3 is 0 Å². The highest BCUT2D eigenvalue weighted by Gasteiger charge is 2.12. The quantitative estimate of drug-likeness (QED) is 0.535. The van der Waals surface area contributed by atoms with Crippen LogP contribution in [0.3, 0.4) is 0 Å². The van der Waals surface area contributed by atoms with Gasteiger partial charge in [-0.2, -0.15) is 5.10 Å². The third-order valence-electron chi connectivity index (χ3n) is 4.38. The molecule has 0 spiro atoms. The lowest BCUT2D eigenvalue weighted by atomic mass is 10.0. The van der Waals surface area contributed by atoms with E-state index < -0.39 is 11.6 Å². The zero-order valence-electron chi connectivity index (χ0n) is 14.5. The molecular formula is C21H16F2N2O2. The summed E-state index contributed by atoms with van der Waals surface area (Å²) in [5.74, 6) is -0.918. The molecule has 1 heterocycles. The number of hydrogen-bond donors (Lipinski definition) is 1. The summed E-state index contributed by atoms with van der Waals surface area (Å²) in [4.78, 5) is 0. The van der Waals surface area contributed by atoms with Crippen LogP contribution in [0.5, 0.6) is 11.5 Å². The van der Waals surface area contributed by atoms with Crippen LogP contribution in [0.4, 0.5) is 8.78 Å². The minimum absolute atomic E-state index is 0.272. The molecule has 0 aliphatic heterocycles. The summed E-state index contributed by atoms with van der Waals surface area (Å²) in [5, 5.41) is 7.98. The predicted molar refractivity (Wildman–Crippen MR) is 98.8 cm³/mol. The molecule has 0 bridgehead atoms. The van der Waals surface area contributed by atoms with E-state index in [1.54, 1.807) is 30.5 Å². The minimum Gasteiger partial charge on any atom is -0.496 e. The number of nitrogens with one attached hydrogen (secondary N) is 1. The summed E-state index contributed by atoms with van der Waals surface area (Å²) in [7, 11) is 1.42. The number of fused-ring (bicyclic) bond motifs is 1. The Morgan fingerprint density at radius 3 is 2.56 bits per heavy atom. The maximum absolute atomic E-state index is 13.6. The first-order valence-electron chi connectivity index (χ1n) is 8.33. The van der Waals surface area contributed by atoms with Crippen molar-refractivity contribution in [2.75, 3.05) is 7.11 Å². The van der Waals surface area contributed by atoms with Gasteiger partial charge in [0, 0.05) is 22.6 Å². The maximum atomic E-state index is 13.6. The topological polar surface area (TPSA) is 47.1 Å². The van der Waals surface area contributed by atoms with Crippen LogP contribution in [0.1, 0.15) is 5.56 Å². The normalized spacial score (nSPS) is 10.9. The third kappa shape index (κ3) is 3.33. The Balaban J connectivity index is 1.54. The van der Waals surface area contributed by atoms with E-state index in [2.05, 4.69) is 10.2 Å². The molecule has 0 aliphatic carbocycles. The molecule has 0 saturated heterocycles. The molecule has 4 aromatic rings. The van der Waals surface area contributed by atoms with Gasteiger partial charge in [-0.15, -0.1) is 0 Å². The molecule has 1 N–H and O–H groups in total. The van der Waals surface area contributed by atoms with Crippen molar-refractivity contribution in [1.29, 1.82) is 0 Å². The van der Waals surface area contributed by atoms with Crippen molar-refractivity contribution in [3.05, 3.63) is 78.0 Å². The Kier molecular flexibility index (Phi) is 4.46. The van der Waals surface area contributed by atoms with Gasteiger partial charge in [-0.3, -0.25) is 5.10 Å². The lowest BCUT2D eigenvalue weighted by Crippen LogP contribution is -1.96. The molecule has 4 rings (SSSR count). The lowest BCUT2D eigenvalue weighted by molar-refractivity contribution is 0.308. The number of nitrogens with zero attached hydrogens (tertiary/aromatic N) is 1. The summed E-state index contributed by atoms with van der Waals surface area (Å²) in [6, 6.07) is 15.2. The van der Waals surface area contributed by atoms with Crippen LogP contribution in [0.2, 0.25) is 0 Å². The Hall–Kier alpha value is -3.41. The number of hydrogen-bond acceptors (Lipinski definition) is 3. The van der Waals surface area contributed by atoms with Gasteiger partial charge in [0.15, 0.2) is 11.6 Å². The zero-order valence-corrected chi connectivity index (χ0v) is 14.5. The average molecular weight is 366 g/mol. The van der Waals surface area contributed by atoms with Crippen LogP contribution in [-0.2, 0) is 6.61 Å². The van der Waals surface area contributed by atoms with Crippen molar-refractivity contribution >= 4 is 10.9 Å². The van der Waals surface area contributed by atoms with Crippen molar-refractivity contribution in [2.24, 2.45) is 0 Å². The van der Waals surface area contributed by atoms with Gasteiger partial charge in [0.25, 0.3) is 0 Å². The SMILES string of the molecule is COc1cc(F)c(F)cc1-c1ccc(OCc2cccc3[nH]ncc23)cc1. The number of methoxy groups -OCH3 is 1. The van der Waals surface area contributed by atoms with Crippen LogP contribution in [0, 0.1) is 11.6 Å². The first-order chi connectivity index (χ1) is 13.2. The number of rotatable bonds is 5. The molecule has 0 fully saturated rings. The molecule has 1 aromatic heterocycles. The first-order valence-corrected chi connectivity index (χ1v) is 8.33. The smallest absolute Gasteiger partial charge is 0.162 e. The molecule has 4 nitrogen and oxygen atoms in total. The van der Waals surface area contributed by atoms with E-state index >= 15 is 0 Å². The van der Waals surface area contributed by atoms with E-state index in [0.717, 1.165) is 28.6 Å². The summed E-state index contributed by atoms with van der Waals surface area (Å²) in [5.41, 5.74) is 3.16.